The van der Waals surface area contributed by atoms with E-state index in [1.165, 1.54) is 0 Å². The first-order valence-corrected chi connectivity index (χ1v) is 9.60. The lowest BCUT2D eigenvalue weighted by Gasteiger charge is -2.41. The summed E-state index contributed by atoms with van der Waals surface area (Å²) in [5.74, 6) is 0. The number of hydrogen-bond donors (Lipinski definition) is 1. The molecule has 7 nitrogen and oxygen atoms in total. The number of carbonyl (C=O) groups is 1. The van der Waals surface area contributed by atoms with E-state index in [9.17, 15) is 9.36 Å². The second kappa shape index (κ2) is 9.04. The van der Waals surface area contributed by atoms with Crippen molar-refractivity contribution in [2.24, 2.45) is 0 Å². The Balaban J connectivity index is 2.85. The fourth-order valence-corrected chi connectivity index (χ4v) is 4.43. The minimum atomic E-state index is -3.59. The smallest absolute Gasteiger partial charge is 0.343 e. The maximum atomic E-state index is 12.6. The Morgan fingerprint density at radius 3 is 2.05 bits per heavy atom. The van der Waals surface area contributed by atoms with Gasteiger partial charge in [0.25, 0.3) is 0 Å². The summed E-state index contributed by atoms with van der Waals surface area (Å²) in [7, 11) is -3.59. The molecule has 0 radical (unpaired) electrons. The second-order valence-corrected chi connectivity index (χ2v) is 8.72. The number of halogens is 3. The van der Waals surface area contributed by atoms with E-state index in [4.69, 9.17) is 43.9 Å². The molecule has 0 spiro atoms. The van der Waals surface area contributed by atoms with Gasteiger partial charge >= 0.3 is 7.75 Å². The van der Waals surface area contributed by atoms with Crippen molar-refractivity contribution in [1.82, 2.24) is 14.9 Å². The maximum absolute atomic E-state index is 12.6. The normalized spacial score (nSPS) is 19.2. The zero-order valence-corrected chi connectivity index (χ0v) is 15.7. The molecule has 1 heterocycles. The van der Waals surface area contributed by atoms with Crippen LogP contribution in [0.15, 0.2) is 0 Å². The van der Waals surface area contributed by atoms with E-state index in [1.807, 2.05) is 0 Å². The van der Waals surface area contributed by atoms with E-state index in [1.54, 1.807) is 23.6 Å². The molecule has 0 saturated carbocycles. The van der Waals surface area contributed by atoms with Crippen LogP contribution in [0.25, 0.3) is 0 Å². The lowest BCUT2D eigenvalue weighted by molar-refractivity contribution is -0.120. The van der Waals surface area contributed by atoms with Crippen LogP contribution in [0.3, 0.4) is 0 Å². The molecule has 1 rings (SSSR count). The average molecular weight is 397 g/mol. The summed E-state index contributed by atoms with van der Waals surface area (Å²) in [5.41, 5.74) is 0. The number of amides is 1. The molecular formula is C11H21Cl3N3O4P. The van der Waals surface area contributed by atoms with Gasteiger partial charge in [0.15, 0.2) is 0 Å². The molecule has 1 unspecified atom stereocenters. The van der Waals surface area contributed by atoms with Gasteiger partial charge in [-0.05, 0) is 13.8 Å². The Labute approximate surface area is 145 Å². The topological polar surface area (TPSA) is 71.1 Å². The molecule has 11 heteroatoms. The summed E-state index contributed by atoms with van der Waals surface area (Å²) in [4.78, 5) is 14.2. The summed E-state index contributed by atoms with van der Waals surface area (Å²) in [5, 5.41) is 2.71. The molecule has 1 N–H and O–H groups in total. The van der Waals surface area contributed by atoms with E-state index in [-0.39, 0.29) is 13.2 Å². The minimum absolute atomic E-state index is 0.190. The lowest BCUT2D eigenvalue weighted by atomic mass is 10.3. The lowest BCUT2D eigenvalue weighted by Crippen LogP contribution is -2.58. The molecule has 22 heavy (non-hydrogen) atoms. The predicted molar refractivity (Wildman–Crippen MR) is 87.3 cm³/mol. The Kier molecular flexibility index (Phi) is 8.40. The molecule has 0 aromatic rings. The molecular weight excluding hydrogens is 375 g/mol. The molecule has 1 atom stereocenters. The quantitative estimate of drug-likeness (QED) is 0.385. The number of piperazine rings is 1. The van der Waals surface area contributed by atoms with Gasteiger partial charge in [0.2, 0.25) is 10.2 Å². The fourth-order valence-electron chi connectivity index (χ4n) is 2.06. The fraction of sp³-hybridized carbons (Fsp3) is 0.909. The molecule has 1 aliphatic rings. The van der Waals surface area contributed by atoms with E-state index in [0.717, 1.165) is 6.41 Å². The molecule has 0 bridgehead atoms. The molecule has 0 aromatic heterocycles. The molecule has 0 aromatic carbocycles. The standard InChI is InChI=1S/C11H21Cl3N3O4P/c1-3-20-22(19,21-4-2)15-10(11(12,13)14)17-7-5-16(9-18)6-8-17/h9-10H,3-8H2,1-2H3,(H,15,19). The highest BCUT2D eigenvalue weighted by molar-refractivity contribution is 7.51. The minimum Gasteiger partial charge on any atom is -0.343 e. The molecule has 0 aliphatic carbocycles. The molecule has 130 valence electrons. The van der Waals surface area contributed by atoms with Crippen molar-refractivity contribution in [3.63, 3.8) is 0 Å². The van der Waals surface area contributed by atoms with Crippen molar-refractivity contribution in [1.29, 1.82) is 0 Å². The van der Waals surface area contributed by atoms with Gasteiger partial charge in [0, 0.05) is 26.2 Å². The van der Waals surface area contributed by atoms with E-state index >= 15 is 0 Å². The van der Waals surface area contributed by atoms with Crippen LogP contribution in [0.2, 0.25) is 0 Å². The summed E-state index contributed by atoms with van der Waals surface area (Å²) < 4.78 is 21.2. The molecule has 1 amide bonds. The monoisotopic (exact) mass is 395 g/mol. The SMILES string of the molecule is CCOP(=O)(NC(N1CCN(C=O)CC1)C(Cl)(Cl)Cl)OCC. The van der Waals surface area contributed by atoms with Gasteiger partial charge in [-0.1, -0.05) is 34.8 Å². The first kappa shape index (κ1) is 20.5. The number of nitrogens with one attached hydrogen (secondary N) is 1. The molecule has 1 fully saturated rings. The van der Waals surface area contributed by atoms with E-state index in [0.29, 0.717) is 26.2 Å². The van der Waals surface area contributed by atoms with Crippen LogP contribution in [-0.2, 0) is 18.4 Å². The van der Waals surface area contributed by atoms with Crippen LogP contribution in [0, 0.1) is 0 Å². The highest BCUT2D eigenvalue weighted by Gasteiger charge is 2.43. The van der Waals surface area contributed by atoms with Crippen LogP contribution in [-0.4, -0.2) is 65.6 Å². The van der Waals surface area contributed by atoms with Gasteiger partial charge in [-0.15, -0.1) is 0 Å². The molecule has 1 aliphatic heterocycles. The third kappa shape index (κ3) is 6.13. The maximum Gasteiger partial charge on any atom is 0.406 e. The van der Waals surface area contributed by atoms with Crippen molar-refractivity contribution >= 4 is 49.0 Å². The number of rotatable bonds is 8. The number of alkyl halides is 3. The van der Waals surface area contributed by atoms with Crippen molar-refractivity contribution in [2.75, 3.05) is 39.4 Å². The summed E-state index contributed by atoms with van der Waals surface area (Å²) in [6.45, 7) is 5.71. The van der Waals surface area contributed by atoms with Gasteiger partial charge in [0.1, 0.15) is 6.17 Å². The number of nitrogens with zero attached hydrogens (tertiary/aromatic N) is 2. The average Bonchev–Trinajstić information content (AvgIpc) is 2.44. The van der Waals surface area contributed by atoms with Gasteiger partial charge in [-0.25, -0.2) is 9.65 Å². The van der Waals surface area contributed by atoms with Gasteiger partial charge in [-0.3, -0.25) is 18.7 Å². The predicted octanol–water partition coefficient (Wildman–Crippen LogP) is 2.23. The van der Waals surface area contributed by atoms with Crippen LogP contribution in [0.5, 0.6) is 0 Å². The number of hydrogen-bond acceptors (Lipinski definition) is 5. The Bertz CT molecular complexity index is 393. The first-order chi connectivity index (χ1) is 10.3. The van der Waals surface area contributed by atoms with Crippen molar-refractivity contribution in [3.8, 4) is 0 Å². The van der Waals surface area contributed by atoms with Crippen molar-refractivity contribution in [2.45, 2.75) is 23.8 Å². The zero-order valence-electron chi connectivity index (χ0n) is 12.5. The van der Waals surface area contributed by atoms with Crippen LogP contribution < -0.4 is 5.09 Å². The first-order valence-electron chi connectivity index (χ1n) is 6.92. The Morgan fingerprint density at radius 1 is 1.18 bits per heavy atom. The number of carbonyl (C=O) groups excluding carboxylic acids is 1. The van der Waals surface area contributed by atoms with Crippen molar-refractivity contribution < 1.29 is 18.4 Å². The third-order valence-corrected chi connectivity index (χ3v) is 5.43. The Hall–Kier alpha value is 0.410. The van der Waals surface area contributed by atoms with Crippen LogP contribution in [0.1, 0.15) is 13.8 Å². The highest BCUT2D eigenvalue weighted by atomic mass is 35.6. The highest BCUT2D eigenvalue weighted by Crippen LogP contribution is 2.47. The van der Waals surface area contributed by atoms with E-state index < -0.39 is 17.7 Å². The van der Waals surface area contributed by atoms with Crippen molar-refractivity contribution in [3.05, 3.63) is 0 Å². The van der Waals surface area contributed by atoms with Gasteiger partial charge in [0.05, 0.1) is 13.2 Å². The Morgan fingerprint density at radius 2 is 1.68 bits per heavy atom. The summed E-state index contributed by atoms with van der Waals surface area (Å²) >= 11 is 18.1. The summed E-state index contributed by atoms with van der Waals surface area (Å²) in [6.07, 6.45) is -0.0874. The summed E-state index contributed by atoms with van der Waals surface area (Å²) in [6, 6.07) is 0. The van der Waals surface area contributed by atoms with Gasteiger partial charge < -0.3 is 4.90 Å². The zero-order chi connectivity index (χ0) is 16.8. The van der Waals surface area contributed by atoms with Gasteiger partial charge in [-0.2, -0.15) is 0 Å². The largest absolute Gasteiger partial charge is 0.406 e. The van der Waals surface area contributed by atoms with E-state index in [2.05, 4.69) is 5.09 Å². The second-order valence-electron chi connectivity index (χ2n) is 4.58. The molecule has 1 saturated heterocycles. The van der Waals surface area contributed by atoms with Crippen LogP contribution >= 0.6 is 42.5 Å². The van der Waals surface area contributed by atoms with Crippen LogP contribution in [0.4, 0.5) is 0 Å². The third-order valence-electron chi connectivity index (χ3n) is 3.05.